The lowest BCUT2D eigenvalue weighted by Crippen LogP contribution is -2.39. The lowest BCUT2D eigenvalue weighted by Gasteiger charge is -2.25. The van der Waals surface area contributed by atoms with Gasteiger partial charge in [-0.15, -0.1) is 11.3 Å². The van der Waals surface area contributed by atoms with Crippen LogP contribution in [0.4, 0.5) is 4.79 Å². The summed E-state index contributed by atoms with van der Waals surface area (Å²) in [6, 6.07) is 5.45. The molecule has 3 amide bonds. The maximum atomic E-state index is 12.0. The first kappa shape index (κ1) is 21.3. The van der Waals surface area contributed by atoms with E-state index < -0.39 is 0 Å². The topological polar surface area (TPSA) is 96.5 Å². The Bertz CT molecular complexity index is 1190. The van der Waals surface area contributed by atoms with Crippen molar-refractivity contribution in [3.05, 3.63) is 45.6 Å². The molecule has 0 spiro atoms. The molecular weight excluding hydrogens is 450 g/mol. The van der Waals surface area contributed by atoms with Crippen LogP contribution in [0.1, 0.15) is 16.0 Å². The van der Waals surface area contributed by atoms with Crippen molar-refractivity contribution in [1.82, 2.24) is 25.5 Å². The highest BCUT2D eigenvalue weighted by Crippen LogP contribution is 2.37. The van der Waals surface area contributed by atoms with E-state index in [0.717, 1.165) is 57.0 Å². The highest BCUT2D eigenvalue weighted by molar-refractivity contribution is 7.19. The Kier molecular flexibility index (Phi) is 5.81. The zero-order chi connectivity index (χ0) is 22.2. The van der Waals surface area contributed by atoms with Crippen LogP contribution in [0.15, 0.2) is 24.5 Å². The number of hydrogen-bond acceptors (Lipinski definition) is 7. The number of halogens is 1. The number of urea groups is 1. The number of rotatable bonds is 5. The van der Waals surface area contributed by atoms with Crippen LogP contribution >= 0.6 is 22.9 Å². The summed E-state index contributed by atoms with van der Waals surface area (Å²) in [5.41, 5.74) is 4.77. The predicted molar refractivity (Wildman–Crippen MR) is 123 cm³/mol. The first-order chi connectivity index (χ1) is 15.5. The third-order valence-electron chi connectivity index (χ3n) is 5.74. The van der Waals surface area contributed by atoms with Gasteiger partial charge in [-0.2, -0.15) is 0 Å². The van der Waals surface area contributed by atoms with Crippen molar-refractivity contribution in [2.75, 3.05) is 26.2 Å². The molecule has 4 heterocycles. The molecule has 10 heteroatoms. The number of nitrogens with one attached hydrogen (secondary N) is 2. The van der Waals surface area contributed by atoms with Gasteiger partial charge in [0.25, 0.3) is 0 Å². The van der Waals surface area contributed by atoms with Gasteiger partial charge in [-0.1, -0.05) is 11.6 Å². The normalized spacial score (nSPS) is 19.1. The molecule has 1 aromatic carbocycles. The van der Waals surface area contributed by atoms with Crippen LogP contribution in [0.3, 0.4) is 0 Å². The molecular formula is C22H22ClN5O3S. The van der Waals surface area contributed by atoms with Gasteiger partial charge in [0.2, 0.25) is 5.91 Å². The molecule has 2 fully saturated rings. The van der Waals surface area contributed by atoms with E-state index >= 15 is 0 Å². The standard InChI is InChI=1S/C22H22ClN5O3S/c1-12-4-13(23)5-17(16(12)6-14-8-24-2-3-31-14)20-21-18(26-11-27-20)7-15(32-21)10-28-19(29)9-25-22(28)30/h4-5,7,11,14,24H,2-3,6,8-10H2,1H3,(H,25,30)/t14-/m1/s1. The van der Waals surface area contributed by atoms with Gasteiger partial charge < -0.3 is 15.4 Å². The summed E-state index contributed by atoms with van der Waals surface area (Å²) < 4.78 is 6.85. The van der Waals surface area contributed by atoms with E-state index in [1.165, 1.54) is 16.2 Å². The number of thiophene rings is 1. The third kappa shape index (κ3) is 4.09. The van der Waals surface area contributed by atoms with E-state index in [-0.39, 0.29) is 31.1 Å². The lowest BCUT2D eigenvalue weighted by molar-refractivity contribution is -0.125. The van der Waals surface area contributed by atoms with Crippen molar-refractivity contribution in [3.63, 3.8) is 0 Å². The summed E-state index contributed by atoms with van der Waals surface area (Å²) in [6.45, 7) is 4.67. The molecule has 0 bridgehead atoms. The first-order valence-electron chi connectivity index (χ1n) is 10.4. The fourth-order valence-corrected chi connectivity index (χ4v) is 5.55. The van der Waals surface area contributed by atoms with Gasteiger partial charge in [0.15, 0.2) is 0 Å². The molecule has 2 aliphatic heterocycles. The van der Waals surface area contributed by atoms with Crippen LogP contribution in [0.5, 0.6) is 0 Å². The third-order valence-corrected chi connectivity index (χ3v) is 7.08. The quantitative estimate of drug-likeness (QED) is 0.555. The number of benzene rings is 1. The predicted octanol–water partition coefficient (Wildman–Crippen LogP) is 2.90. The Balaban J connectivity index is 1.55. The second kappa shape index (κ2) is 8.74. The first-order valence-corrected chi connectivity index (χ1v) is 11.6. The van der Waals surface area contributed by atoms with Crippen molar-refractivity contribution in [3.8, 4) is 11.3 Å². The molecule has 2 saturated heterocycles. The summed E-state index contributed by atoms with van der Waals surface area (Å²) >= 11 is 7.94. The number of amides is 3. The minimum atomic E-state index is -0.368. The molecule has 0 saturated carbocycles. The van der Waals surface area contributed by atoms with E-state index in [4.69, 9.17) is 16.3 Å². The molecule has 0 aliphatic carbocycles. The number of carbonyl (C=O) groups excluding carboxylic acids is 2. The largest absolute Gasteiger partial charge is 0.375 e. The second-order valence-corrected chi connectivity index (χ2v) is 9.51. The maximum absolute atomic E-state index is 12.0. The zero-order valence-corrected chi connectivity index (χ0v) is 19.1. The SMILES string of the molecule is Cc1cc(Cl)cc(-c2ncnc3cc(CN4C(=O)CNC4=O)sc23)c1C[C@@H]1CNCCO1. The average Bonchev–Trinajstić information content (AvgIpc) is 3.34. The van der Waals surface area contributed by atoms with Crippen molar-refractivity contribution >= 4 is 45.1 Å². The average molecular weight is 472 g/mol. The molecule has 0 unspecified atom stereocenters. The van der Waals surface area contributed by atoms with Crippen molar-refractivity contribution in [1.29, 1.82) is 0 Å². The number of imide groups is 1. The van der Waals surface area contributed by atoms with E-state index in [2.05, 4.69) is 27.5 Å². The Morgan fingerprint density at radius 1 is 1.28 bits per heavy atom. The van der Waals surface area contributed by atoms with Crippen LogP contribution in [0, 0.1) is 6.92 Å². The van der Waals surface area contributed by atoms with Crippen LogP contribution < -0.4 is 10.6 Å². The van der Waals surface area contributed by atoms with Gasteiger partial charge in [-0.05, 0) is 36.2 Å². The summed E-state index contributed by atoms with van der Waals surface area (Å²) in [6.07, 6.45) is 2.37. The number of aryl methyl sites for hydroxylation is 1. The minimum absolute atomic E-state index is 0.0397. The number of ether oxygens (including phenoxy) is 1. The van der Waals surface area contributed by atoms with Gasteiger partial charge in [-0.25, -0.2) is 14.8 Å². The number of nitrogens with zero attached hydrogens (tertiary/aromatic N) is 3. The summed E-state index contributed by atoms with van der Waals surface area (Å²) in [5, 5.41) is 6.58. The number of aromatic nitrogens is 2. The lowest BCUT2D eigenvalue weighted by atomic mass is 9.94. The second-order valence-electron chi connectivity index (χ2n) is 7.94. The Labute approximate surface area is 193 Å². The maximum Gasteiger partial charge on any atom is 0.324 e. The molecule has 0 radical (unpaired) electrons. The van der Waals surface area contributed by atoms with E-state index in [1.54, 1.807) is 6.33 Å². The molecule has 3 aromatic rings. The Hall–Kier alpha value is -2.59. The van der Waals surface area contributed by atoms with E-state index in [9.17, 15) is 9.59 Å². The number of fused-ring (bicyclic) bond motifs is 1. The fourth-order valence-electron chi connectivity index (χ4n) is 4.18. The van der Waals surface area contributed by atoms with Crippen molar-refractivity contribution in [2.24, 2.45) is 0 Å². The highest BCUT2D eigenvalue weighted by Gasteiger charge is 2.29. The van der Waals surface area contributed by atoms with Gasteiger partial charge in [0.05, 0.1) is 41.7 Å². The zero-order valence-electron chi connectivity index (χ0n) is 17.5. The molecule has 2 aliphatic rings. The summed E-state index contributed by atoms with van der Waals surface area (Å²) in [5.74, 6) is -0.229. The molecule has 166 valence electrons. The molecule has 2 aromatic heterocycles. The molecule has 8 nitrogen and oxygen atoms in total. The van der Waals surface area contributed by atoms with Crippen molar-refractivity contribution < 1.29 is 14.3 Å². The van der Waals surface area contributed by atoms with Crippen LogP contribution in [-0.4, -0.2) is 59.2 Å². The number of morpholine rings is 1. The molecule has 1 atom stereocenters. The molecule has 32 heavy (non-hydrogen) atoms. The van der Waals surface area contributed by atoms with E-state index in [1.807, 2.05) is 18.2 Å². The Morgan fingerprint density at radius 2 is 2.16 bits per heavy atom. The van der Waals surface area contributed by atoms with Crippen molar-refractivity contribution in [2.45, 2.75) is 26.0 Å². The Morgan fingerprint density at radius 3 is 2.91 bits per heavy atom. The summed E-state index contributed by atoms with van der Waals surface area (Å²) in [4.78, 5) is 35.1. The smallest absolute Gasteiger partial charge is 0.324 e. The molecule has 2 N–H and O–H groups in total. The van der Waals surface area contributed by atoms with Gasteiger partial charge in [-0.3, -0.25) is 9.69 Å². The van der Waals surface area contributed by atoms with Crippen LogP contribution in [0.2, 0.25) is 5.02 Å². The van der Waals surface area contributed by atoms with Crippen LogP contribution in [-0.2, 0) is 22.5 Å². The minimum Gasteiger partial charge on any atom is -0.375 e. The van der Waals surface area contributed by atoms with Gasteiger partial charge >= 0.3 is 6.03 Å². The monoisotopic (exact) mass is 471 g/mol. The van der Waals surface area contributed by atoms with Crippen LogP contribution in [0.25, 0.3) is 21.5 Å². The van der Waals surface area contributed by atoms with Gasteiger partial charge in [0, 0.05) is 35.0 Å². The summed E-state index contributed by atoms with van der Waals surface area (Å²) in [7, 11) is 0. The van der Waals surface area contributed by atoms with E-state index in [0.29, 0.717) is 11.6 Å². The van der Waals surface area contributed by atoms with Gasteiger partial charge in [0.1, 0.15) is 6.33 Å². The number of hydrogen-bond donors (Lipinski definition) is 2. The molecule has 5 rings (SSSR count). The number of carbonyl (C=O) groups is 2. The highest BCUT2D eigenvalue weighted by atomic mass is 35.5. The fraction of sp³-hybridized carbons (Fsp3) is 0.364.